The van der Waals surface area contributed by atoms with E-state index in [-0.39, 0.29) is 0 Å². The van der Waals surface area contributed by atoms with Gasteiger partial charge in [-0.3, -0.25) is 0 Å². The van der Waals surface area contributed by atoms with Crippen LogP contribution in [0.1, 0.15) is 20.3 Å². The summed E-state index contributed by atoms with van der Waals surface area (Å²) in [5.41, 5.74) is 1.24. The van der Waals surface area contributed by atoms with Gasteiger partial charge in [0, 0.05) is 11.5 Å². The average Bonchev–Trinajstić information content (AvgIpc) is 1.97. The van der Waals surface area contributed by atoms with Crippen LogP contribution in [0.25, 0.3) is 0 Å². The molecule has 0 amide bonds. The van der Waals surface area contributed by atoms with Crippen molar-refractivity contribution in [2.24, 2.45) is 5.92 Å². The number of hydrogen-bond donors (Lipinski definition) is 1. The second-order valence-corrected chi connectivity index (χ2v) is 4.56. The molecule has 0 unspecified atom stereocenters. The van der Waals surface area contributed by atoms with Gasteiger partial charge in [0.2, 0.25) is 0 Å². The molecule has 0 saturated heterocycles. The summed E-state index contributed by atoms with van der Waals surface area (Å²) in [4.78, 5) is 0. The summed E-state index contributed by atoms with van der Waals surface area (Å²) in [6.07, 6.45) is 1.31. The van der Waals surface area contributed by atoms with Gasteiger partial charge in [0.1, 0.15) is 0 Å². The first kappa shape index (κ1) is 11.4. The molecule has 0 heterocycles. The molecule has 0 N–H and O–H groups in total. The summed E-state index contributed by atoms with van der Waals surface area (Å²) in [5.74, 6) is 3.99. The first-order chi connectivity index (χ1) is 5.16. The number of thiol groups is 1. The molecular formula is C9H18S2. The van der Waals surface area contributed by atoms with Crippen LogP contribution in [0.5, 0.6) is 0 Å². The van der Waals surface area contributed by atoms with E-state index in [0.717, 1.165) is 17.4 Å². The summed E-state index contributed by atoms with van der Waals surface area (Å²) < 4.78 is 0. The smallest absolute Gasteiger partial charge is 0.0148 e. The van der Waals surface area contributed by atoms with Gasteiger partial charge in [-0.25, -0.2) is 0 Å². The predicted octanol–water partition coefficient (Wildman–Crippen LogP) is 3.25. The van der Waals surface area contributed by atoms with Gasteiger partial charge in [0.15, 0.2) is 0 Å². The van der Waals surface area contributed by atoms with Crippen LogP contribution in [0.2, 0.25) is 0 Å². The fourth-order valence-corrected chi connectivity index (χ4v) is 2.02. The van der Waals surface area contributed by atoms with Crippen molar-refractivity contribution in [3.8, 4) is 0 Å². The van der Waals surface area contributed by atoms with E-state index in [1.165, 1.54) is 17.7 Å². The van der Waals surface area contributed by atoms with Gasteiger partial charge in [-0.15, -0.1) is 0 Å². The molecule has 0 aromatic carbocycles. The van der Waals surface area contributed by atoms with Crippen molar-refractivity contribution in [3.05, 3.63) is 12.2 Å². The van der Waals surface area contributed by atoms with Crippen LogP contribution in [0, 0.1) is 5.92 Å². The SMILES string of the molecule is C=C(CS)CSCCC(C)C. The lowest BCUT2D eigenvalue weighted by atomic mass is 10.2. The van der Waals surface area contributed by atoms with Crippen LogP contribution in [0.4, 0.5) is 0 Å². The lowest BCUT2D eigenvalue weighted by molar-refractivity contribution is 0.632. The topological polar surface area (TPSA) is 0 Å². The van der Waals surface area contributed by atoms with Crippen LogP contribution in [-0.2, 0) is 0 Å². The zero-order valence-electron chi connectivity index (χ0n) is 7.47. The Bertz CT molecular complexity index is 108. The molecule has 0 nitrogen and oxygen atoms in total. The molecule has 2 heteroatoms. The molecule has 0 aromatic rings. The van der Waals surface area contributed by atoms with Crippen molar-refractivity contribution in [3.63, 3.8) is 0 Å². The molecule has 0 aliphatic rings. The monoisotopic (exact) mass is 190 g/mol. The van der Waals surface area contributed by atoms with Crippen LogP contribution in [0.15, 0.2) is 12.2 Å². The molecule has 11 heavy (non-hydrogen) atoms. The van der Waals surface area contributed by atoms with Gasteiger partial charge < -0.3 is 0 Å². The Balaban J connectivity index is 3.08. The third kappa shape index (κ3) is 8.35. The Morgan fingerprint density at radius 2 is 2.18 bits per heavy atom. The Morgan fingerprint density at radius 3 is 2.64 bits per heavy atom. The molecule has 0 rings (SSSR count). The molecule has 0 aliphatic carbocycles. The number of rotatable bonds is 6. The zero-order valence-corrected chi connectivity index (χ0v) is 9.18. The predicted molar refractivity (Wildman–Crippen MR) is 59.8 cm³/mol. The highest BCUT2D eigenvalue weighted by Crippen LogP contribution is 2.11. The molecule has 66 valence electrons. The average molecular weight is 190 g/mol. The second-order valence-electron chi connectivity index (χ2n) is 3.14. The van der Waals surface area contributed by atoms with E-state index < -0.39 is 0 Å². The van der Waals surface area contributed by atoms with Crippen molar-refractivity contribution in [1.29, 1.82) is 0 Å². The van der Waals surface area contributed by atoms with E-state index in [1.807, 2.05) is 11.8 Å². The number of thioether (sulfide) groups is 1. The normalized spacial score (nSPS) is 10.5. The molecule has 0 fully saturated rings. The second kappa shape index (κ2) is 7.11. The molecule has 0 bridgehead atoms. The van der Waals surface area contributed by atoms with E-state index in [9.17, 15) is 0 Å². The van der Waals surface area contributed by atoms with E-state index in [2.05, 4.69) is 33.1 Å². The van der Waals surface area contributed by atoms with Crippen LogP contribution < -0.4 is 0 Å². The minimum absolute atomic E-state index is 0.826. The Hall–Kier alpha value is 0.440. The molecule has 0 atom stereocenters. The Labute approximate surface area is 80.2 Å². The molecule has 0 radical (unpaired) electrons. The summed E-state index contributed by atoms with van der Waals surface area (Å²) in [5, 5.41) is 0. The van der Waals surface area contributed by atoms with Crippen molar-refractivity contribution in [2.75, 3.05) is 17.3 Å². The Morgan fingerprint density at radius 1 is 1.55 bits per heavy atom. The van der Waals surface area contributed by atoms with Gasteiger partial charge in [-0.2, -0.15) is 24.4 Å². The summed E-state index contributed by atoms with van der Waals surface area (Å²) >= 11 is 6.11. The Kier molecular flexibility index (Phi) is 7.39. The first-order valence-electron chi connectivity index (χ1n) is 4.02. The zero-order chi connectivity index (χ0) is 8.69. The summed E-state index contributed by atoms with van der Waals surface area (Å²) in [6, 6.07) is 0. The van der Waals surface area contributed by atoms with Crippen molar-refractivity contribution in [1.82, 2.24) is 0 Å². The maximum Gasteiger partial charge on any atom is 0.0148 e. The van der Waals surface area contributed by atoms with Crippen LogP contribution in [0.3, 0.4) is 0 Å². The minimum atomic E-state index is 0.826. The third-order valence-corrected chi connectivity index (χ3v) is 2.95. The van der Waals surface area contributed by atoms with Crippen molar-refractivity contribution in [2.45, 2.75) is 20.3 Å². The van der Waals surface area contributed by atoms with E-state index in [4.69, 9.17) is 0 Å². The summed E-state index contributed by atoms with van der Waals surface area (Å²) in [7, 11) is 0. The van der Waals surface area contributed by atoms with Gasteiger partial charge in [-0.05, 0) is 18.1 Å². The van der Waals surface area contributed by atoms with E-state index in [1.54, 1.807) is 0 Å². The van der Waals surface area contributed by atoms with E-state index in [0.29, 0.717) is 0 Å². The van der Waals surface area contributed by atoms with Crippen LogP contribution in [-0.4, -0.2) is 17.3 Å². The van der Waals surface area contributed by atoms with Crippen LogP contribution >= 0.6 is 24.4 Å². The largest absolute Gasteiger partial charge is 0.175 e. The van der Waals surface area contributed by atoms with Gasteiger partial charge in [0.25, 0.3) is 0 Å². The lowest BCUT2D eigenvalue weighted by Crippen LogP contribution is -1.92. The van der Waals surface area contributed by atoms with Crippen molar-refractivity contribution < 1.29 is 0 Å². The standard InChI is InChI=1S/C9H18S2/c1-8(2)4-5-11-7-9(3)6-10/h8,10H,3-7H2,1-2H3. The molecular weight excluding hydrogens is 172 g/mol. The fourth-order valence-electron chi connectivity index (χ4n) is 0.581. The minimum Gasteiger partial charge on any atom is -0.175 e. The highest BCUT2D eigenvalue weighted by Gasteiger charge is 1.95. The lowest BCUT2D eigenvalue weighted by Gasteiger charge is -2.04. The van der Waals surface area contributed by atoms with Gasteiger partial charge >= 0.3 is 0 Å². The summed E-state index contributed by atoms with van der Waals surface area (Å²) in [6.45, 7) is 8.41. The quantitative estimate of drug-likeness (QED) is 0.381. The highest BCUT2D eigenvalue weighted by atomic mass is 32.2. The first-order valence-corrected chi connectivity index (χ1v) is 5.80. The van der Waals surface area contributed by atoms with Gasteiger partial charge in [0.05, 0.1) is 0 Å². The molecule has 0 aliphatic heterocycles. The van der Waals surface area contributed by atoms with E-state index >= 15 is 0 Å². The maximum atomic E-state index is 4.15. The van der Waals surface area contributed by atoms with Crippen molar-refractivity contribution >= 4 is 24.4 Å². The maximum absolute atomic E-state index is 4.15. The number of hydrogen-bond acceptors (Lipinski definition) is 2. The third-order valence-electron chi connectivity index (χ3n) is 1.37. The molecule has 0 spiro atoms. The highest BCUT2D eigenvalue weighted by molar-refractivity contribution is 7.99. The van der Waals surface area contributed by atoms with Gasteiger partial charge in [-0.1, -0.05) is 26.0 Å². The fraction of sp³-hybridized carbons (Fsp3) is 0.778. The molecule has 0 aromatic heterocycles. The molecule has 0 saturated carbocycles.